The largest absolute Gasteiger partial charge is 0.472 e. The summed E-state index contributed by atoms with van der Waals surface area (Å²) in [6.07, 6.45) is 54.3. The molecule has 96 heavy (non-hydrogen) atoms. The smallest absolute Gasteiger partial charge is 0.462 e. The van der Waals surface area contributed by atoms with E-state index in [4.69, 9.17) is 37.0 Å². The first kappa shape index (κ1) is 94.1. The first-order valence-corrected chi connectivity index (χ1v) is 42.9. The van der Waals surface area contributed by atoms with Gasteiger partial charge in [0, 0.05) is 25.7 Å². The second-order valence-corrected chi connectivity index (χ2v) is 31.6. The van der Waals surface area contributed by atoms with Gasteiger partial charge < -0.3 is 33.8 Å². The molecule has 0 rings (SSSR count). The van der Waals surface area contributed by atoms with E-state index in [1.165, 1.54) is 199 Å². The molecule has 0 saturated heterocycles. The van der Waals surface area contributed by atoms with Crippen LogP contribution in [0.15, 0.2) is 0 Å². The molecule has 0 amide bonds. The molecule has 0 spiro atoms. The number of aliphatic hydroxyl groups is 1. The van der Waals surface area contributed by atoms with E-state index in [0.29, 0.717) is 25.7 Å². The zero-order valence-electron chi connectivity index (χ0n) is 62.8. The van der Waals surface area contributed by atoms with Crippen molar-refractivity contribution in [2.45, 2.75) is 414 Å². The first-order valence-electron chi connectivity index (χ1n) is 39.9. The number of phosphoric ester groups is 2. The highest BCUT2D eigenvalue weighted by atomic mass is 31.2. The Morgan fingerprint density at radius 2 is 0.531 bits per heavy atom. The zero-order valence-corrected chi connectivity index (χ0v) is 64.6. The van der Waals surface area contributed by atoms with E-state index in [9.17, 15) is 43.2 Å². The van der Waals surface area contributed by atoms with E-state index < -0.39 is 97.5 Å². The van der Waals surface area contributed by atoms with Crippen molar-refractivity contribution in [2.75, 3.05) is 39.6 Å². The van der Waals surface area contributed by atoms with Crippen molar-refractivity contribution in [1.82, 2.24) is 0 Å². The van der Waals surface area contributed by atoms with Crippen molar-refractivity contribution in [3.05, 3.63) is 0 Å². The van der Waals surface area contributed by atoms with E-state index >= 15 is 0 Å². The van der Waals surface area contributed by atoms with Crippen molar-refractivity contribution in [2.24, 2.45) is 17.8 Å². The number of hydrogen-bond donors (Lipinski definition) is 3. The molecule has 0 saturated carbocycles. The van der Waals surface area contributed by atoms with Gasteiger partial charge in [0.05, 0.1) is 26.4 Å². The van der Waals surface area contributed by atoms with E-state index in [2.05, 4.69) is 48.5 Å². The molecule has 0 aliphatic heterocycles. The summed E-state index contributed by atoms with van der Waals surface area (Å²) in [4.78, 5) is 72.8. The summed E-state index contributed by atoms with van der Waals surface area (Å²) in [6.45, 7) is 11.8. The Balaban J connectivity index is 5.22. The highest BCUT2D eigenvalue weighted by molar-refractivity contribution is 7.47. The fourth-order valence-corrected chi connectivity index (χ4v) is 13.3. The molecular formula is C77H150O17P2. The molecule has 0 aliphatic carbocycles. The number of ether oxygens (including phenoxy) is 4. The third kappa shape index (κ3) is 67.9. The van der Waals surface area contributed by atoms with E-state index in [1.54, 1.807) is 0 Å². The van der Waals surface area contributed by atoms with Gasteiger partial charge in [0.2, 0.25) is 0 Å². The minimum absolute atomic E-state index is 0.102. The molecule has 0 heterocycles. The topological polar surface area (TPSA) is 237 Å². The maximum absolute atomic E-state index is 13.1. The van der Waals surface area contributed by atoms with Gasteiger partial charge in [-0.1, -0.05) is 344 Å². The SMILES string of the molecule is CCCCCCCCCCCCCCCCCCCCCC(=O)O[C@H](COC(=O)CCCCCCCCCCCCCCCCC(C)C)COP(=O)(O)OC[C@@H](O)COP(=O)(O)OC[C@@H](COC(=O)CCCCCCCCC(C)CC)OC(=O)CCCCCCCCC(C)CC. The molecule has 19 heteroatoms. The molecule has 7 atom stereocenters. The quantitative estimate of drug-likeness (QED) is 0.0222. The van der Waals surface area contributed by atoms with Gasteiger partial charge in [-0.2, -0.15) is 0 Å². The lowest BCUT2D eigenvalue weighted by Crippen LogP contribution is -2.30. The van der Waals surface area contributed by atoms with Gasteiger partial charge >= 0.3 is 39.5 Å². The number of carbonyl (C=O) groups excluding carboxylic acids is 4. The number of unbranched alkanes of at least 4 members (excludes halogenated alkanes) is 41. The lowest BCUT2D eigenvalue weighted by Gasteiger charge is -2.21. The molecule has 0 fully saturated rings. The van der Waals surface area contributed by atoms with Crippen molar-refractivity contribution in [3.63, 3.8) is 0 Å². The van der Waals surface area contributed by atoms with Crippen LogP contribution in [0.3, 0.4) is 0 Å². The Morgan fingerprint density at radius 1 is 0.302 bits per heavy atom. The van der Waals surface area contributed by atoms with Crippen molar-refractivity contribution < 1.29 is 80.2 Å². The lowest BCUT2D eigenvalue weighted by atomic mass is 10.00. The van der Waals surface area contributed by atoms with Gasteiger partial charge in [-0.05, 0) is 43.4 Å². The first-order chi connectivity index (χ1) is 46.3. The number of esters is 4. The number of phosphoric acid groups is 2. The van der Waals surface area contributed by atoms with E-state index in [0.717, 1.165) is 114 Å². The predicted octanol–water partition coefficient (Wildman–Crippen LogP) is 22.6. The van der Waals surface area contributed by atoms with Crippen LogP contribution in [-0.2, 0) is 65.4 Å². The second-order valence-electron chi connectivity index (χ2n) is 28.7. The van der Waals surface area contributed by atoms with Crippen LogP contribution >= 0.6 is 15.6 Å². The Kier molecular flexibility index (Phi) is 66.2. The molecule has 0 aromatic carbocycles. The van der Waals surface area contributed by atoms with Crippen LogP contribution in [0, 0.1) is 17.8 Å². The third-order valence-electron chi connectivity index (χ3n) is 18.6. The van der Waals surface area contributed by atoms with Crippen molar-refractivity contribution >= 4 is 39.5 Å². The highest BCUT2D eigenvalue weighted by Crippen LogP contribution is 2.45. The number of rotatable bonds is 75. The van der Waals surface area contributed by atoms with Gasteiger partial charge in [0.15, 0.2) is 12.2 Å². The van der Waals surface area contributed by atoms with Crippen LogP contribution in [0.5, 0.6) is 0 Å². The predicted molar refractivity (Wildman–Crippen MR) is 391 cm³/mol. The number of hydrogen-bond acceptors (Lipinski definition) is 15. The van der Waals surface area contributed by atoms with E-state index in [-0.39, 0.29) is 25.7 Å². The molecule has 0 aromatic heterocycles. The molecule has 0 bridgehead atoms. The Bertz CT molecular complexity index is 1870. The summed E-state index contributed by atoms with van der Waals surface area (Å²) < 4.78 is 68.5. The summed E-state index contributed by atoms with van der Waals surface area (Å²) in [5.41, 5.74) is 0. The van der Waals surface area contributed by atoms with Crippen LogP contribution in [0.4, 0.5) is 0 Å². The molecule has 570 valence electrons. The maximum Gasteiger partial charge on any atom is 0.472 e. The summed E-state index contributed by atoms with van der Waals surface area (Å²) in [7, 11) is -9.91. The normalized spacial score (nSPS) is 14.6. The molecule has 4 unspecified atom stereocenters. The third-order valence-corrected chi connectivity index (χ3v) is 20.5. The monoisotopic (exact) mass is 1410 g/mol. The van der Waals surface area contributed by atoms with Gasteiger partial charge in [-0.3, -0.25) is 37.3 Å². The van der Waals surface area contributed by atoms with E-state index in [1.807, 2.05) is 0 Å². The van der Waals surface area contributed by atoms with Crippen molar-refractivity contribution in [3.8, 4) is 0 Å². The van der Waals surface area contributed by atoms with Crippen LogP contribution < -0.4 is 0 Å². The Hall–Kier alpha value is -1.94. The fourth-order valence-electron chi connectivity index (χ4n) is 11.7. The Morgan fingerprint density at radius 3 is 0.792 bits per heavy atom. The minimum atomic E-state index is -4.96. The molecule has 17 nitrogen and oxygen atoms in total. The van der Waals surface area contributed by atoms with Gasteiger partial charge in [-0.25, -0.2) is 9.13 Å². The molecule has 0 aromatic rings. The van der Waals surface area contributed by atoms with Crippen LogP contribution in [0.2, 0.25) is 0 Å². The molecule has 0 aliphatic rings. The molecule has 3 N–H and O–H groups in total. The van der Waals surface area contributed by atoms with Crippen molar-refractivity contribution in [1.29, 1.82) is 0 Å². The average Bonchev–Trinajstić information content (AvgIpc) is 1.24. The second kappa shape index (κ2) is 67.5. The number of carbonyl (C=O) groups is 4. The Labute approximate surface area is 588 Å². The highest BCUT2D eigenvalue weighted by Gasteiger charge is 2.30. The maximum atomic E-state index is 13.1. The lowest BCUT2D eigenvalue weighted by molar-refractivity contribution is -0.161. The zero-order chi connectivity index (χ0) is 70.9. The summed E-state index contributed by atoms with van der Waals surface area (Å²) in [5.74, 6) is 0.129. The summed E-state index contributed by atoms with van der Waals surface area (Å²) in [6, 6.07) is 0. The van der Waals surface area contributed by atoms with Crippen LogP contribution in [0.25, 0.3) is 0 Å². The minimum Gasteiger partial charge on any atom is -0.462 e. The van der Waals surface area contributed by atoms with Gasteiger partial charge in [0.1, 0.15) is 19.3 Å². The van der Waals surface area contributed by atoms with Gasteiger partial charge in [0.25, 0.3) is 0 Å². The molecule has 0 radical (unpaired) electrons. The van der Waals surface area contributed by atoms with Crippen LogP contribution in [0.1, 0.15) is 395 Å². The van der Waals surface area contributed by atoms with Gasteiger partial charge in [-0.15, -0.1) is 0 Å². The fraction of sp³-hybridized carbons (Fsp3) is 0.948. The summed E-state index contributed by atoms with van der Waals surface area (Å²) in [5, 5.41) is 10.6. The summed E-state index contributed by atoms with van der Waals surface area (Å²) >= 11 is 0. The number of aliphatic hydroxyl groups excluding tert-OH is 1. The molecular weight excluding hydrogens is 1260 g/mol. The average molecular weight is 1410 g/mol. The standard InChI is InChI=1S/C77H150O17P2/c1-8-11-12-13-14-15-16-17-18-19-20-21-22-27-30-33-36-46-53-60-76(81)93-72(64-87-74(79)58-51-44-35-32-29-26-24-23-25-28-31-34-41-48-55-68(4)5)66-91-95(83,84)89-62-71(78)63-90-96(85,86)92-67-73(94-77(82)61-54-47-40-38-43-50-57-70(7)10-3)65-88-75(80)59-52-45-39-37-42-49-56-69(6)9-2/h68-73,78H,8-67H2,1-7H3,(H,83,84)(H,85,86)/t69?,70?,71-,72-,73-/m1/s1. The van der Waals surface area contributed by atoms with Crippen LogP contribution in [-0.4, -0.2) is 96.7 Å².